The topological polar surface area (TPSA) is 52.6 Å². The summed E-state index contributed by atoms with van der Waals surface area (Å²) in [5.41, 5.74) is 0. The van der Waals surface area contributed by atoms with Crippen LogP contribution in [0.15, 0.2) is 24.3 Å². The monoisotopic (exact) mass is 362 g/mol. The minimum Gasteiger partial charge on any atom is -0.423 e. The van der Waals surface area contributed by atoms with Gasteiger partial charge in [0.2, 0.25) is 0 Å². The number of carbonyl (C=O) groups excluding carboxylic acids is 2. The molecule has 0 saturated carbocycles. The third-order valence-electron chi connectivity index (χ3n) is 4.21. The fourth-order valence-electron chi connectivity index (χ4n) is 2.60. The summed E-state index contributed by atoms with van der Waals surface area (Å²) >= 11 is 0. The molecule has 0 radical (unpaired) electrons. The Balaban J connectivity index is 2.37. The smallest absolute Gasteiger partial charge is 0.311 e. The van der Waals surface area contributed by atoms with Gasteiger partial charge in [-0.3, -0.25) is 9.59 Å². The van der Waals surface area contributed by atoms with Crippen molar-refractivity contribution in [1.82, 2.24) is 0 Å². The molecule has 0 heterocycles. The molecule has 0 aliphatic rings. The Morgan fingerprint density at radius 1 is 0.808 bits per heavy atom. The van der Waals surface area contributed by atoms with E-state index < -0.39 is 0 Å². The summed E-state index contributed by atoms with van der Waals surface area (Å²) in [6.45, 7) is 6.33. The van der Waals surface area contributed by atoms with Crippen LogP contribution in [0, 0.1) is 5.92 Å². The summed E-state index contributed by atoms with van der Waals surface area (Å²) in [6, 6.07) is 6.85. The van der Waals surface area contributed by atoms with E-state index in [2.05, 4.69) is 20.8 Å². The zero-order chi connectivity index (χ0) is 19.2. The Morgan fingerprint density at radius 2 is 1.31 bits per heavy atom. The van der Waals surface area contributed by atoms with E-state index in [1.165, 1.54) is 25.7 Å². The van der Waals surface area contributed by atoms with Crippen molar-refractivity contribution in [2.24, 2.45) is 5.92 Å². The van der Waals surface area contributed by atoms with Gasteiger partial charge < -0.3 is 9.47 Å². The van der Waals surface area contributed by atoms with Crippen molar-refractivity contribution >= 4 is 11.9 Å². The summed E-state index contributed by atoms with van der Waals surface area (Å²) in [5.74, 6) is 0.503. The molecule has 1 rings (SSSR count). The number of rotatable bonds is 13. The van der Waals surface area contributed by atoms with Crippen molar-refractivity contribution in [3.63, 3.8) is 0 Å². The number of unbranched alkanes of at least 4 members (excludes halogenated alkanes) is 6. The molecular formula is C22H34O4. The molecule has 0 unspecified atom stereocenters. The Hall–Kier alpha value is -1.84. The molecule has 0 bridgehead atoms. The van der Waals surface area contributed by atoms with Crippen LogP contribution < -0.4 is 9.47 Å². The first-order valence-electron chi connectivity index (χ1n) is 10.0. The molecule has 0 amide bonds. The molecule has 0 spiro atoms. The predicted octanol–water partition coefficient (Wildman–Crippen LogP) is 6.07. The summed E-state index contributed by atoms with van der Waals surface area (Å²) in [7, 11) is 0. The molecule has 1 aromatic carbocycles. The van der Waals surface area contributed by atoms with Gasteiger partial charge in [0, 0.05) is 12.8 Å². The van der Waals surface area contributed by atoms with Gasteiger partial charge in [-0.2, -0.15) is 0 Å². The molecule has 0 aliphatic heterocycles. The lowest BCUT2D eigenvalue weighted by Gasteiger charge is -2.11. The molecule has 4 nitrogen and oxygen atoms in total. The second kappa shape index (κ2) is 13.4. The minimum atomic E-state index is -0.297. The first kappa shape index (κ1) is 22.2. The maximum absolute atomic E-state index is 12.0. The molecule has 0 N–H and O–H groups in total. The molecule has 26 heavy (non-hydrogen) atoms. The molecule has 146 valence electrons. The molecule has 0 aromatic heterocycles. The fourth-order valence-corrected chi connectivity index (χ4v) is 2.60. The van der Waals surface area contributed by atoms with Crippen molar-refractivity contribution in [3.8, 4) is 11.5 Å². The van der Waals surface area contributed by atoms with Crippen molar-refractivity contribution in [3.05, 3.63) is 24.3 Å². The van der Waals surface area contributed by atoms with Crippen LogP contribution in [0.1, 0.15) is 85.0 Å². The van der Waals surface area contributed by atoms with Crippen LogP contribution in [0.3, 0.4) is 0 Å². The molecule has 1 aromatic rings. The standard InChI is InChI=1S/C22H34O4/c1-4-5-6-7-8-9-10-15-21(23)25-19-13-11-12-14-20(19)26-22(24)17-16-18(2)3/h11-14,18H,4-10,15-17H2,1-3H3. The van der Waals surface area contributed by atoms with Crippen LogP contribution in [-0.4, -0.2) is 11.9 Å². The number of carbonyl (C=O) groups is 2. The normalized spacial score (nSPS) is 10.8. The molecular weight excluding hydrogens is 328 g/mol. The van der Waals surface area contributed by atoms with Gasteiger partial charge >= 0.3 is 11.9 Å². The van der Waals surface area contributed by atoms with E-state index in [0.29, 0.717) is 30.3 Å². The number of ether oxygens (including phenoxy) is 2. The van der Waals surface area contributed by atoms with Crippen molar-refractivity contribution in [1.29, 1.82) is 0 Å². The van der Waals surface area contributed by atoms with Gasteiger partial charge in [-0.1, -0.05) is 71.4 Å². The highest BCUT2D eigenvalue weighted by Gasteiger charge is 2.13. The van der Waals surface area contributed by atoms with E-state index in [0.717, 1.165) is 25.7 Å². The van der Waals surface area contributed by atoms with Gasteiger partial charge in [0.15, 0.2) is 11.5 Å². The highest BCUT2D eigenvalue weighted by molar-refractivity contribution is 5.76. The largest absolute Gasteiger partial charge is 0.423 e. The van der Waals surface area contributed by atoms with Crippen molar-refractivity contribution < 1.29 is 19.1 Å². The Morgan fingerprint density at radius 3 is 1.85 bits per heavy atom. The Labute approximate surface area is 158 Å². The fraction of sp³-hybridized carbons (Fsp3) is 0.636. The van der Waals surface area contributed by atoms with Crippen LogP contribution in [0.4, 0.5) is 0 Å². The summed E-state index contributed by atoms with van der Waals surface area (Å²) in [4.78, 5) is 23.9. The first-order chi connectivity index (χ1) is 12.5. The van der Waals surface area contributed by atoms with Crippen LogP contribution in [0.5, 0.6) is 11.5 Å². The van der Waals surface area contributed by atoms with Crippen molar-refractivity contribution in [2.45, 2.75) is 85.0 Å². The molecule has 0 saturated heterocycles. The number of esters is 2. The van der Waals surface area contributed by atoms with Gasteiger partial charge in [0.1, 0.15) is 0 Å². The quantitative estimate of drug-likeness (QED) is 0.243. The van der Waals surface area contributed by atoms with Crippen molar-refractivity contribution in [2.75, 3.05) is 0 Å². The van der Waals surface area contributed by atoms with Gasteiger partial charge in [0.05, 0.1) is 0 Å². The van der Waals surface area contributed by atoms with Gasteiger partial charge in [-0.25, -0.2) is 0 Å². The van der Waals surface area contributed by atoms with E-state index >= 15 is 0 Å². The molecule has 4 heteroatoms. The second-order valence-electron chi connectivity index (χ2n) is 7.20. The van der Waals surface area contributed by atoms with E-state index in [1.54, 1.807) is 24.3 Å². The maximum atomic E-state index is 12.0. The highest BCUT2D eigenvalue weighted by atomic mass is 16.6. The third-order valence-corrected chi connectivity index (χ3v) is 4.21. The Kier molecular flexibility index (Phi) is 11.4. The predicted molar refractivity (Wildman–Crippen MR) is 104 cm³/mol. The van der Waals surface area contributed by atoms with E-state index in [4.69, 9.17) is 9.47 Å². The second-order valence-corrected chi connectivity index (χ2v) is 7.20. The zero-order valence-corrected chi connectivity index (χ0v) is 16.6. The van der Waals surface area contributed by atoms with Crippen LogP contribution in [0.25, 0.3) is 0 Å². The Bertz CT molecular complexity index is 537. The third kappa shape index (κ3) is 10.2. The van der Waals surface area contributed by atoms with Crippen LogP contribution >= 0.6 is 0 Å². The summed E-state index contributed by atoms with van der Waals surface area (Å²) < 4.78 is 10.8. The van der Waals surface area contributed by atoms with E-state index in [1.807, 2.05) is 0 Å². The minimum absolute atomic E-state index is 0.274. The number of benzene rings is 1. The van der Waals surface area contributed by atoms with Crippen LogP contribution in [0.2, 0.25) is 0 Å². The maximum Gasteiger partial charge on any atom is 0.311 e. The van der Waals surface area contributed by atoms with E-state index in [-0.39, 0.29) is 11.9 Å². The lowest BCUT2D eigenvalue weighted by molar-refractivity contribution is -0.137. The molecule has 0 aliphatic carbocycles. The lowest BCUT2D eigenvalue weighted by atomic mass is 10.1. The molecule has 0 fully saturated rings. The van der Waals surface area contributed by atoms with E-state index in [9.17, 15) is 9.59 Å². The molecule has 0 atom stereocenters. The summed E-state index contributed by atoms with van der Waals surface area (Å²) in [6.07, 6.45) is 9.61. The van der Waals surface area contributed by atoms with Crippen LogP contribution in [-0.2, 0) is 9.59 Å². The highest BCUT2D eigenvalue weighted by Crippen LogP contribution is 2.27. The average Bonchev–Trinajstić information content (AvgIpc) is 2.61. The number of hydrogen-bond acceptors (Lipinski definition) is 4. The van der Waals surface area contributed by atoms with Gasteiger partial charge in [-0.15, -0.1) is 0 Å². The van der Waals surface area contributed by atoms with Gasteiger partial charge in [0.25, 0.3) is 0 Å². The first-order valence-corrected chi connectivity index (χ1v) is 10.0. The lowest BCUT2D eigenvalue weighted by Crippen LogP contribution is -2.12. The summed E-state index contributed by atoms with van der Waals surface area (Å²) in [5, 5.41) is 0. The van der Waals surface area contributed by atoms with Gasteiger partial charge in [-0.05, 0) is 30.9 Å². The zero-order valence-electron chi connectivity index (χ0n) is 16.6. The number of para-hydroxylation sites is 2. The number of hydrogen-bond donors (Lipinski definition) is 0. The SMILES string of the molecule is CCCCCCCCCC(=O)Oc1ccccc1OC(=O)CCC(C)C. The average molecular weight is 363 g/mol.